The van der Waals surface area contributed by atoms with Crippen molar-refractivity contribution in [1.29, 1.82) is 0 Å². The molecule has 1 saturated heterocycles. The zero-order valence-electron chi connectivity index (χ0n) is 21.9. The van der Waals surface area contributed by atoms with Gasteiger partial charge in [0.2, 0.25) is 5.91 Å². The first-order valence-electron chi connectivity index (χ1n) is 11.6. The number of carbonyl (C=O) groups excluding carboxylic acids is 1. The predicted molar refractivity (Wildman–Crippen MR) is 136 cm³/mol. The molecule has 31 heavy (non-hydrogen) atoms. The first kappa shape index (κ1) is 26.1. The molecule has 1 aliphatic rings. The van der Waals surface area contributed by atoms with E-state index in [0.717, 1.165) is 12.2 Å². The molecule has 1 aliphatic heterocycles. The fourth-order valence-electron chi connectivity index (χ4n) is 4.11. The molecule has 1 aromatic rings. The fraction of sp³-hybridized carbons (Fsp3) is 0.720. The Balaban J connectivity index is 2.39. The number of carbonyl (C=O) groups is 1. The van der Waals surface area contributed by atoms with Gasteiger partial charge in [0.25, 0.3) is 0 Å². The van der Waals surface area contributed by atoms with Crippen LogP contribution in [-0.4, -0.2) is 46.3 Å². The quantitative estimate of drug-likeness (QED) is 0.343. The molecule has 0 saturated carbocycles. The molecule has 3 atom stereocenters. The molecule has 6 heteroatoms. The lowest BCUT2D eigenvalue weighted by Gasteiger charge is -2.60. The largest absolute Gasteiger partial charge is 0.497 e. The van der Waals surface area contributed by atoms with Crippen molar-refractivity contribution in [2.45, 2.75) is 103 Å². The molecule has 1 fully saturated rings. The zero-order chi connectivity index (χ0) is 24.0. The van der Waals surface area contributed by atoms with Gasteiger partial charge in [-0.25, -0.2) is 0 Å². The normalized spacial score (nSPS) is 21.7. The van der Waals surface area contributed by atoms with Crippen LogP contribution in [0.3, 0.4) is 0 Å². The summed E-state index contributed by atoms with van der Waals surface area (Å²) in [5.41, 5.74) is 1.21. The van der Waals surface area contributed by atoms with Gasteiger partial charge >= 0.3 is 0 Å². The first-order valence-corrected chi connectivity index (χ1v) is 17.4. The summed E-state index contributed by atoms with van der Waals surface area (Å²) >= 11 is 0. The van der Waals surface area contributed by atoms with Crippen molar-refractivity contribution in [3.05, 3.63) is 29.8 Å². The van der Waals surface area contributed by atoms with Crippen LogP contribution in [0.25, 0.3) is 0 Å². The Morgan fingerprint density at radius 2 is 1.61 bits per heavy atom. The molecule has 176 valence electrons. The van der Waals surface area contributed by atoms with Crippen molar-refractivity contribution in [3.63, 3.8) is 0 Å². The van der Waals surface area contributed by atoms with Gasteiger partial charge in [-0.1, -0.05) is 66.8 Å². The highest BCUT2D eigenvalue weighted by Gasteiger charge is 2.59. The highest BCUT2D eigenvalue weighted by atomic mass is 28.4. The van der Waals surface area contributed by atoms with Crippen LogP contribution in [-0.2, 0) is 15.6 Å². The van der Waals surface area contributed by atoms with E-state index < -0.39 is 16.6 Å². The molecule has 4 nitrogen and oxygen atoms in total. The minimum atomic E-state index is -2.00. The Labute approximate surface area is 192 Å². The van der Waals surface area contributed by atoms with E-state index in [2.05, 4.69) is 91.4 Å². The van der Waals surface area contributed by atoms with Crippen LogP contribution in [0, 0.1) is 5.92 Å². The average Bonchev–Trinajstić information content (AvgIpc) is 2.58. The average molecular weight is 464 g/mol. The third-order valence-electron chi connectivity index (χ3n) is 8.08. The first-order chi connectivity index (χ1) is 13.9. The number of nitrogens with zero attached hydrogens (tertiary/aromatic N) is 1. The molecule has 0 bridgehead atoms. The Bertz CT molecular complexity index is 793. The lowest BCUT2D eigenvalue weighted by atomic mass is 9.82. The molecule has 1 heterocycles. The van der Waals surface area contributed by atoms with Crippen LogP contribution in [0.4, 0.5) is 0 Å². The van der Waals surface area contributed by atoms with E-state index >= 15 is 0 Å². The number of ether oxygens (including phenoxy) is 1. The Hall–Kier alpha value is -1.12. The fourth-order valence-corrected chi connectivity index (χ4v) is 8.04. The second-order valence-corrected chi connectivity index (χ2v) is 22.1. The summed E-state index contributed by atoms with van der Waals surface area (Å²) in [4.78, 5) is 13.6. The Morgan fingerprint density at radius 3 is 2.10 bits per heavy atom. The van der Waals surface area contributed by atoms with Crippen LogP contribution in [0.1, 0.15) is 54.0 Å². The van der Waals surface area contributed by atoms with E-state index in [4.69, 9.17) is 9.16 Å². The number of hydrogen-bond donors (Lipinski definition) is 0. The molecule has 2 rings (SSSR count). The van der Waals surface area contributed by atoms with Crippen molar-refractivity contribution in [3.8, 4) is 5.75 Å². The second kappa shape index (κ2) is 8.67. The van der Waals surface area contributed by atoms with Crippen molar-refractivity contribution in [2.24, 2.45) is 5.92 Å². The third-order valence-corrected chi connectivity index (χ3v) is 18.1. The Kier molecular flexibility index (Phi) is 7.31. The summed E-state index contributed by atoms with van der Waals surface area (Å²) in [7, 11) is -2.26. The summed E-state index contributed by atoms with van der Waals surface area (Å²) < 4.78 is 14.4. The van der Waals surface area contributed by atoms with E-state index in [9.17, 15) is 4.79 Å². The van der Waals surface area contributed by atoms with Crippen molar-refractivity contribution in [1.82, 2.24) is 4.57 Å². The molecule has 0 N–H and O–H groups in total. The van der Waals surface area contributed by atoms with Crippen molar-refractivity contribution in [2.75, 3.05) is 7.11 Å². The maximum Gasteiger partial charge on any atom is 0.222 e. The van der Waals surface area contributed by atoms with E-state index in [0.29, 0.717) is 0 Å². The predicted octanol–water partition coefficient (Wildman–Crippen LogP) is 6.48. The number of amides is 1. The summed E-state index contributed by atoms with van der Waals surface area (Å²) in [6, 6.07) is 8.42. The SMILES string of the molecule is COc1cccc(C[C@H]2[C@H]([C@@H](C)O[Si](C)(C)C(C)(C)C)C(=O)N2[Si](C)(C)C(C)(C)C)c1. The maximum absolute atomic E-state index is 13.6. The van der Waals surface area contributed by atoms with Gasteiger partial charge in [0.05, 0.1) is 19.1 Å². The van der Waals surface area contributed by atoms with Crippen LogP contribution < -0.4 is 4.74 Å². The summed E-state index contributed by atoms with van der Waals surface area (Å²) in [6.45, 7) is 24.9. The zero-order valence-corrected chi connectivity index (χ0v) is 23.9. The topological polar surface area (TPSA) is 38.8 Å². The second-order valence-electron chi connectivity index (χ2n) is 12.2. The number of hydrogen-bond acceptors (Lipinski definition) is 3. The van der Waals surface area contributed by atoms with Crippen LogP contribution in [0.2, 0.25) is 36.3 Å². The highest BCUT2D eigenvalue weighted by Crippen LogP contribution is 2.48. The highest BCUT2D eigenvalue weighted by molar-refractivity contribution is 6.80. The van der Waals surface area contributed by atoms with Gasteiger partial charge in [-0.15, -0.1) is 0 Å². The minimum Gasteiger partial charge on any atom is -0.497 e. The standard InChI is InChI=1S/C25H45NO3Si2/c1-18(29-31(11,12)25(5,6)7)22-21(17-19-14-13-15-20(16-19)28-8)26(23(22)27)30(9,10)24(2,3)4/h13-16,18,21-22H,17H2,1-12H3/t18-,21+,22+/m1/s1. The van der Waals surface area contributed by atoms with Gasteiger partial charge < -0.3 is 13.7 Å². The number of rotatable bonds is 7. The molecule has 0 spiro atoms. The molecule has 0 radical (unpaired) electrons. The van der Waals surface area contributed by atoms with Crippen LogP contribution >= 0.6 is 0 Å². The van der Waals surface area contributed by atoms with E-state index in [-0.39, 0.29) is 34.0 Å². The summed E-state index contributed by atoms with van der Waals surface area (Å²) in [5.74, 6) is 1.06. The monoisotopic (exact) mass is 463 g/mol. The van der Waals surface area contributed by atoms with Gasteiger partial charge in [0, 0.05) is 6.04 Å². The minimum absolute atomic E-state index is 0.0787. The smallest absolute Gasteiger partial charge is 0.222 e. The molecular weight excluding hydrogens is 418 g/mol. The van der Waals surface area contributed by atoms with Crippen molar-refractivity contribution < 1.29 is 14.0 Å². The van der Waals surface area contributed by atoms with Gasteiger partial charge in [0.15, 0.2) is 16.6 Å². The van der Waals surface area contributed by atoms with Crippen molar-refractivity contribution >= 4 is 22.5 Å². The van der Waals surface area contributed by atoms with E-state index in [1.54, 1.807) is 7.11 Å². The molecular formula is C25H45NO3Si2. The summed E-state index contributed by atoms with van der Waals surface area (Å²) in [6.07, 6.45) is 0.760. The molecule has 0 aliphatic carbocycles. The van der Waals surface area contributed by atoms with Gasteiger partial charge in [0.1, 0.15) is 5.75 Å². The number of benzene rings is 1. The molecule has 0 unspecified atom stereocenters. The van der Waals surface area contributed by atoms with E-state index in [1.165, 1.54) is 5.56 Å². The van der Waals surface area contributed by atoms with E-state index in [1.807, 2.05) is 12.1 Å². The van der Waals surface area contributed by atoms with Gasteiger partial charge in [-0.2, -0.15) is 0 Å². The lowest BCUT2D eigenvalue weighted by molar-refractivity contribution is -0.154. The molecule has 1 aromatic carbocycles. The van der Waals surface area contributed by atoms with Crippen LogP contribution in [0.15, 0.2) is 24.3 Å². The number of β-lactam (4-membered cyclic amide) rings is 1. The van der Waals surface area contributed by atoms with Crippen LogP contribution in [0.5, 0.6) is 5.75 Å². The summed E-state index contributed by atoms with van der Waals surface area (Å²) in [5, 5.41) is 0.221. The third kappa shape index (κ3) is 5.12. The van der Waals surface area contributed by atoms with Gasteiger partial charge in [-0.05, 0) is 54.2 Å². The Morgan fingerprint density at radius 1 is 1.03 bits per heavy atom. The maximum atomic E-state index is 13.6. The lowest BCUT2D eigenvalue weighted by Crippen LogP contribution is -2.75. The molecule has 1 amide bonds. The number of methoxy groups -OCH3 is 1. The van der Waals surface area contributed by atoms with Gasteiger partial charge in [-0.3, -0.25) is 4.79 Å². The molecule has 0 aromatic heterocycles.